The van der Waals surface area contributed by atoms with Gasteiger partial charge >= 0.3 is 5.97 Å². The number of aromatic carboxylic acids is 1. The lowest BCUT2D eigenvalue weighted by atomic mass is 10.2. The highest BCUT2D eigenvalue weighted by Gasteiger charge is 2.18. The number of halogens is 1. The van der Waals surface area contributed by atoms with Crippen LogP contribution in [0.4, 0.5) is 5.00 Å². The Balaban J connectivity index is 2.09. The van der Waals surface area contributed by atoms with Crippen molar-refractivity contribution in [1.82, 2.24) is 4.37 Å². The summed E-state index contributed by atoms with van der Waals surface area (Å²) in [6, 6.07) is 3.52. The summed E-state index contributed by atoms with van der Waals surface area (Å²) >= 11 is 8.06. The van der Waals surface area contributed by atoms with Gasteiger partial charge in [0.2, 0.25) is 5.91 Å². The molecule has 0 atom stereocenters. The molecular formula is C12H9ClN2O3S2. The van der Waals surface area contributed by atoms with E-state index in [1.54, 1.807) is 25.1 Å². The molecule has 2 heterocycles. The Kier molecular flexibility index (Phi) is 4.53. The van der Waals surface area contributed by atoms with E-state index in [1.807, 2.05) is 0 Å². The molecule has 0 bridgehead atoms. The van der Waals surface area contributed by atoms with Crippen molar-refractivity contribution in [1.29, 1.82) is 0 Å². The zero-order valence-electron chi connectivity index (χ0n) is 10.2. The third kappa shape index (κ3) is 3.44. The lowest BCUT2D eigenvalue weighted by Crippen LogP contribution is -2.10. The van der Waals surface area contributed by atoms with Gasteiger partial charge in [-0.1, -0.05) is 11.6 Å². The quantitative estimate of drug-likeness (QED) is 0.842. The molecule has 0 fully saturated rings. The Labute approximate surface area is 127 Å². The minimum atomic E-state index is -1.11. The van der Waals surface area contributed by atoms with Crippen molar-refractivity contribution < 1.29 is 14.7 Å². The maximum Gasteiger partial charge on any atom is 0.340 e. The van der Waals surface area contributed by atoms with Crippen LogP contribution in [0.3, 0.4) is 0 Å². The summed E-state index contributed by atoms with van der Waals surface area (Å²) in [5.41, 5.74) is 0.405. The molecule has 2 rings (SSSR count). The Morgan fingerprint density at radius 2 is 2.20 bits per heavy atom. The predicted molar refractivity (Wildman–Crippen MR) is 80.8 cm³/mol. The van der Waals surface area contributed by atoms with Gasteiger partial charge in [0, 0.05) is 11.0 Å². The van der Waals surface area contributed by atoms with Crippen LogP contribution < -0.4 is 5.32 Å². The lowest BCUT2D eigenvalue weighted by Gasteiger charge is -1.99. The molecule has 2 aromatic heterocycles. The maximum atomic E-state index is 11.7. The Morgan fingerprint density at radius 3 is 2.80 bits per heavy atom. The average molecular weight is 329 g/mol. The fourth-order valence-corrected chi connectivity index (χ4v) is 3.19. The molecule has 0 aliphatic carbocycles. The van der Waals surface area contributed by atoms with Crippen molar-refractivity contribution in [3.8, 4) is 0 Å². The second-order valence-electron chi connectivity index (χ2n) is 3.74. The van der Waals surface area contributed by atoms with Crippen LogP contribution in [0.25, 0.3) is 6.08 Å². The number of rotatable bonds is 4. The largest absolute Gasteiger partial charge is 0.478 e. The average Bonchev–Trinajstić information content (AvgIpc) is 2.93. The van der Waals surface area contributed by atoms with Gasteiger partial charge in [0.15, 0.2) is 0 Å². The number of carboxylic acids is 1. The maximum absolute atomic E-state index is 11.7. The summed E-state index contributed by atoms with van der Waals surface area (Å²) < 4.78 is 4.55. The molecule has 2 aromatic rings. The SMILES string of the molecule is Cc1nsc(NC(=O)/C=C/c2ccc(Cl)s2)c1C(=O)O. The summed E-state index contributed by atoms with van der Waals surface area (Å²) in [6.07, 6.45) is 2.93. The van der Waals surface area contributed by atoms with Gasteiger partial charge < -0.3 is 10.4 Å². The highest BCUT2D eigenvalue weighted by molar-refractivity contribution is 7.17. The topological polar surface area (TPSA) is 79.3 Å². The van der Waals surface area contributed by atoms with Gasteiger partial charge in [-0.3, -0.25) is 4.79 Å². The van der Waals surface area contributed by atoms with E-state index in [-0.39, 0.29) is 10.6 Å². The number of thiophene rings is 1. The van der Waals surface area contributed by atoms with Crippen LogP contribution in [0.15, 0.2) is 18.2 Å². The first-order chi connectivity index (χ1) is 9.47. The van der Waals surface area contributed by atoms with Crippen molar-refractivity contribution in [2.24, 2.45) is 0 Å². The van der Waals surface area contributed by atoms with E-state index in [9.17, 15) is 9.59 Å². The van der Waals surface area contributed by atoms with Gasteiger partial charge in [-0.2, -0.15) is 4.37 Å². The molecule has 20 heavy (non-hydrogen) atoms. The molecule has 8 heteroatoms. The van der Waals surface area contributed by atoms with Gasteiger partial charge in [0.1, 0.15) is 10.6 Å². The normalized spacial score (nSPS) is 10.9. The van der Waals surface area contributed by atoms with E-state index in [2.05, 4.69) is 9.69 Å². The molecule has 0 aliphatic rings. The smallest absolute Gasteiger partial charge is 0.340 e. The first-order valence-electron chi connectivity index (χ1n) is 5.41. The van der Waals surface area contributed by atoms with Gasteiger partial charge in [-0.05, 0) is 36.7 Å². The molecule has 2 N–H and O–H groups in total. The fraction of sp³-hybridized carbons (Fsp3) is 0.0833. The number of nitrogens with zero attached hydrogens (tertiary/aromatic N) is 1. The number of anilines is 1. The molecule has 0 unspecified atom stereocenters. The zero-order chi connectivity index (χ0) is 14.7. The van der Waals surface area contributed by atoms with Crippen LogP contribution in [0.1, 0.15) is 20.9 Å². The number of carbonyl (C=O) groups excluding carboxylic acids is 1. The third-order valence-electron chi connectivity index (χ3n) is 2.31. The molecule has 0 radical (unpaired) electrons. The molecule has 0 saturated heterocycles. The van der Waals surface area contributed by atoms with E-state index >= 15 is 0 Å². The monoisotopic (exact) mass is 328 g/mol. The number of carboxylic acid groups (broad SMARTS) is 1. The van der Waals surface area contributed by atoms with Crippen molar-refractivity contribution >= 4 is 57.4 Å². The van der Waals surface area contributed by atoms with E-state index in [4.69, 9.17) is 16.7 Å². The van der Waals surface area contributed by atoms with Crippen LogP contribution in [0.5, 0.6) is 0 Å². The summed E-state index contributed by atoms with van der Waals surface area (Å²) in [5.74, 6) is -1.53. The van der Waals surface area contributed by atoms with Gasteiger partial charge in [0.05, 0.1) is 10.0 Å². The number of aromatic nitrogens is 1. The molecule has 104 valence electrons. The standard InChI is InChI=1S/C12H9ClN2O3S2/c1-6-10(12(17)18)11(20-15-6)14-9(16)5-3-7-2-4-8(13)19-7/h2-5H,1H3,(H,14,16)(H,17,18)/b5-3+. The van der Waals surface area contributed by atoms with Crippen LogP contribution >= 0.6 is 34.5 Å². The first kappa shape index (κ1) is 14.7. The van der Waals surface area contributed by atoms with Gasteiger partial charge in [-0.15, -0.1) is 11.3 Å². The summed E-state index contributed by atoms with van der Waals surface area (Å²) in [4.78, 5) is 23.6. The summed E-state index contributed by atoms with van der Waals surface area (Å²) in [5, 5.41) is 11.8. The third-order valence-corrected chi connectivity index (χ3v) is 4.36. The fourth-order valence-electron chi connectivity index (χ4n) is 1.44. The number of aryl methyl sites for hydroxylation is 1. The minimum absolute atomic E-state index is 0.0240. The highest BCUT2D eigenvalue weighted by Crippen LogP contribution is 2.25. The second kappa shape index (κ2) is 6.17. The Morgan fingerprint density at radius 1 is 1.45 bits per heavy atom. The van der Waals surface area contributed by atoms with Crippen molar-refractivity contribution in [2.75, 3.05) is 5.32 Å². The zero-order valence-corrected chi connectivity index (χ0v) is 12.6. The molecule has 0 aliphatic heterocycles. The molecule has 0 saturated carbocycles. The lowest BCUT2D eigenvalue weighted by molar-refractivity contribution is -0.111. The predicted octanol–water partition coefficient (Wildman–Crippen LogP) is 3.52. The van der Waals surface area contributed by atoms with Crippen LogP contribution in [-0.4, -0.2) is 21.4 Å². The van der Waals surface area contributed by atoms with E-state index in [0.717, 1.165) is 16.4 Å². The van der Waals surface area contributed by atoms with Crippen molar-refractivity contribution in [2.45, 2.75) is 6.92 Å². The Hall–Kier alpha value is -1.70. The molecule has 5 nitrogen and oxygen atoms in total. The molecule has 0 spiro atoms. The number of hydrogen-bond acceptors (Lipinski definition) is 5. The number of hydrogen-bond donors (Lipinski definition) is 2. The van der Waals surface area contributed by atoms with Crippen LogP contribution in [-0.2, 0) is 4.79 Å². The second-order valence-corrected chi connectivity index (χ2v) is 6.26. The van der Waals surface area contributed by atoms with Gasteiger partial charge in [-0.25, -0.2) is 4.79 Å². The van der Waals surface area contributed by atoms with Gasteiger partial charge in [0.25, 0.3) is 0 Å². The summed E-state index contributed by atoms with van der Waals surface area (Å²) in [6.45, 7) is 1.58. The van der Waals surface area contributed by atoms with Crippen LogP contribution in [0, 0.1) is 6.92 Å². The number of carbonyl (C=O) groups is 2. The van der Waals surface area contributed by atoms with Crippen molar-refractivity contribution in [3.63, 3.8) is 0 Å². The minimum Gasteiger partial charge on any atom is -0.478 e. The number of nitrogens with one attached hydrogen (secondary N) is 1. The molecule has 1 amide bonds. The number of amides is 1. The van der Waals surface area contributed by atoms with E-state index < -0.39 is 11.9 Å². The Bertz CT molecular complexity index is 691. The first-order valence-corrected chi connectivity index (χ1v) is 7.38. The highest BCUT2D eigenvalue weighted by atomic mass is 35.5. The molecular weight excluding hydrogens is 320 g/mol. The van der Waals surface area contributed by atoms with E-state index in [1.165, 1.54) is 17.4 Å². The van der Waals surface area contributed by atoms with Crippen LogP contribution in [0.2, 0.25) is 4.34 Å². The molecule has 0 aromatic carbocycles. The van der Waals surface area contributed by atoms with Crippen molar-refractivity contribution in [3.05, 3.63) is 38.7 Å². The van der Waals surface area contributed by atoms with E-state index in [0.29, 0.717) is 10.0 Å². The summed E-state index contributed by atoms with van der Waals surface area (Å²) in [7, 11) is 0.